The summed E-state index contributed by atoms with van der Waals surface area (Å²) in [5.41, 5.74) is 6.52. The number of nitrogen functional groups attached to an aromatic ring is 1. The maximum absolute atomic E-state index is 13.0. The molecular weight excluding hydrogens is 291 g/mol. The number of benzene rings is 2. The van der Waals surface area contributed by atoms with Crippen LogP contribution in [-0.4, -0.2) is 17.1 Å². The van der Waals surface area contributed by atoms with Gasteiger partial charge >= 0.3 is 5.76 Å². The van der Waals surface area contributed by atoms with Crippen molar-refractivity contribution in [3.63, 3.8) is 0 Å². The molecule has 1 heterocycles. The molecule has 0 unspecified atom stereocenters. The molecule has 0 radical (unpaired) electrons. The van der Waals surface area contributed by atoms with Gasteiger partial charge < -0.3 is 14.9 Å². The van der Waals surface area contributed by atoms with Crippen molar-refractivity contribution in [1.82, 2.24) is 4.57 Å². The third-order valence-electron chi connectivity index (χ3n) is 3.01. The van der Waals surface area contributed by atoms with Crippen molar-refractivity contribution in [2.75, 3.05) is 12.3 Å². The molecular formula is C15H11FN2O4. The van der Waals surface area contributed by atoms with Crippen LogP contribution in [0, 0.1) is 5.82 Å². The van der Waals surface area contributed by atoms with E-state index >= 15 is 0 Å². The summed E-state index contributed by atoms with van der Waals surface area (Å²) in [5, 5.41) is 0. The van der Waals surface area contributed by atoms with Gasteiger partial charge in [-0.2, -0.15) is 0 Å². The number of aromatic nitrogens is 1. The molecule has 0 atom stereocenters. The van der Waals surface area contributed by atoms with Crippen molar-refractivity contribution in [3.8, 4) is 5.75 Å². The minimum atomic E-state index is -0.826. The largest absolute Gasteiger partial charge is 0.484 e. The van der Waals surface area contributed by atoms with Crippen molar-refractivity contribution in [2.45, 2.75) is 0 Å². The lowest BCUT2D eigenvalue weighted by Gasteiger charge is -2.05. The molecule has 7 heteroatoms. The van der Waals surface area contributed by atoms with Gasteiger partial charge in [0.2, 0.25) is 0 Å². The highest BCUT2D eigenvalue weighted by Crippen LogP contribution is 2.17. The number of nitrogens with zero attached hydrogens (tertiary/aromatic N) is 1. The Morgan fingerprint density at radius 1 is 1.27 bits per heavy atom. The number of ether oxygens (including phenoxy) is 1. The van der Waals surface area contributed by atoms with Crippen LogP contribution in [-0.2, 0) is 0 Å². The number of rotatable bonds is 3. The van der Waals surface area contributed by atoms with E-state index in [0.29, 0.717) is 11.2 Å². The smallest absolute Gasteiger partial charge is 0.426 e. The van der Waals surface area contributed by atoms with Crippen molar-refractivity contribution in [3.05, 3.63) is 58.8 Å². The zero-order valence-electron chi connectivity index (χ0n) is 11.3. The lowest BCUT2D eigenvalue weighted by Crippen LogP contribution is -2.27. The maximum atomic E-state index is 13.0. The van der Waals surface area contributed by atoms with E-state index in [1.54, 1.807) is 6.07 Å². The van der Waals surface area contributed by atoms with Crippen LogP contribution in [0.3, 0.4) is 0 Å². The fourth-order valence-electron chi connectivity index (χ4n) is 2.04. The number of hydrogen-bond acceptors (Lipinski definition) is 5. The number of fused-ring (bicyclic) bond motifs is 1. The van der Waals surface area contributed by atoms with Crippen LogP contribution in [0.5, 0.6) is 5.75 Å². The van der Waals surface area contributed by atoms with Crippen LogP contribution < -0.4 is 16.2 Å². The molecule has 0 aliphatic heterocycles. The minimum Gasteiger partial charge on any atom is -0.484 e. The first kappa shape index (κ1) is 13.9. The topological polar surface area (TPSA) is 87.5 Å². The molecule has 6 nitrogen and oxygen atoms in total. The number of carbonyl (C=O) groups is 1. The molecule has 3 aromatic rings. The number of oxazole rings is 1. The van der Waals surface area contributed by atoms with Crippen molar-refractivity contribution in [1.29, 1.82) is 0 Å². The Kier molecular flexibility index (Phi) is 3.38. The van der Waals surface area contributed by atoms with E-state index in [1.165, 1.54) is 30.3 Å². The molecule has 1 aromatic heterocycles. The second-order valence-corrected chi connectivity index (χ2v) is 4.57. The van der Waals surface area contributed by atoms with E-state index in [4.69, 9.17) is 14.9 Å². The zero-order chi connectivity index (χ0) is 15.7. The highest BCUT2D eigenvalue weighted by molar-refractivity contribution is 5.90. The summed E-state index contributed by atoms with van der Waals surface area (Å²) in [6, 6.07) is 9.88. The lowest BCUT2D eigenvalue weighted by molar-refractivity contribution is 0.0833. The summed E-state index contributed by atoms with van der Waals surface area (Å²) >= 11 is 0. The molecule has 0 bridgehead atoms. The second-order valence-electron chi connectivity index (χ2n) is 4.57. The highest BCUT2D eigenvalue weighted by Gasteiger charge is 2.16. The highest BCUT2D eigenvalue weighted by atomic mass is 19.1. The van der Waals surface area contributed by atoms with Crippen LogP contribution in [0.2, 0.25) is 0 Å². The Morgan fingerprint density at radius 3 is 2.86 bits per heavy atom. The standard InChI is InChI=1S/C15H11FN2O4/c16-9-2-1-3-11(6-9)21-8-14(19)18-12-5-4-10(17)7-13(12)22-15(18)20/h1-7H,8,17H2. The number of nitrogens with two attached hydrogens (primary N) is 1. The van der Waals surface area contributed by atoms with Crippen molar-refractivity contribution in [2.24, 2.45) is 0 Å². The predicted octanol–water partition coefficient (Wildman–Crippen LogP) is 2.04. The molecule has 3 rings (SSSR count). The minimum absolute atomic E-state index is 0.193. The molecule has 0 saturated carbocycles. The van der Waals surface area contributed by atoms with Gasteiger partial charge in [-0.15, -0.1) is 0 Å². The van der Waals surface area contributed by atoms with Gasteiger partial charge in [-0.1, -0.05) is 6.07 Å². The van der Waals surface area contributed by atoms with E-state index in [-0.39, 0.29) is 11.3 Å². The maximum Gasteiger partial charge on any atom is 0.426 e. The van der Waals surface area contributed by atoms with E-state index in [0.717, 1.165) is 10.6 Å². The molecule has 0 aliphatic rings. The average molecular weight is 302 g/mol. The summed E-state index contributed by atoms with van der Waals surface area (Å²) < 4.78 is 24.0. The fourth-order valence-corrected chi connectivity index (χ4v) is 2.04. The van der Waals surface area contributed by atoms with Gasteiger partial charge in [0.25, 0.3) is 5.91 Å². The van der Waals surface area contributed by atoms with E-state index in [2.05, 4.69) is 0 Å². The Balaban J connectivity index is 1.86. The number of hydrogen-bond donors (Lipinski definition) is 1. The third-order valence-corrected chi connectivity index (χ3v) is 3.01. The zero-order valence-corrected chi connectivity index (χ0v) is 11.3. The summed E-state index contributed by atoms with van der Waals surface area (Å²) in [7, 11) is 0. The summed E-state index contributed by atoms with van der Waals surface area (Å²) in [6.45, 7) is -0.428. The van der Waals surface area contributed by atoms with E-state index in [9.17, 15) is 14.0 Å². The molecule has 0 amide bonds. The summed E-state index contributed by atoms with van der Waals surface area (Å²) in [5.74, 6) is -1.74. The SMILES string of the molecule is Nc1ccc2c(c1)oc(=O)n2C(=O)COc1cccc(F)c1. The van der Waals surface area contributed by atoms with Crippen LogP contribution in [0.1, 0.15) is 4.79 Å². The van der Waals surface area contributed by atoms with Gasteiger partial charge in [-0.05, 0) is 24.3 Å². The first-order valence-electron chi connectivity index (χ1n) is 6.37. The van der Waals surface area contributed by atoms with Crippen molar-refractivity contribution >= 4 is 22.7 Å². The second kappa shape index (κ2) is 5.36. The van der Waals surface area contributed by atoms with E-state index in [1.807, 2.05) is 0 Å². The van der Waals surface area contributed by atoms with Crippen LogP contribution in [0.25, 0.3) is 11.1 Å². The third kappa shape index (κ3) is 2.56. The Bertz CT molecular complexity index is 913. The molecule has 2 aromatic carbocycles. The molecule has 2 N–H and O–H groups in total. The monoisotopic (exact) mass is 302 g/mol. The van der Waals surface area contributed by atoms with Gasteiger partial charge in [0.15, 0.2) is 12.2 Å². The first-order chi connectivity index (χ1) is 10.5. The average Bonchev–Trinajstić information content (AvgIpc) is 2.80. The van der Waals surface area contributed by atoms with E-state index < -0.39 is 24.1 Å². The lowest BCUT2D eigenvalue weighted by atomic mass is 10.3. The van der Waals surface area contributed by atoms with Crippen LogP contribution >= 0.6 is 0 Å². The van der Waals surface area contributed by atoms with Gasteiger partial charge in [0, 0.05) is 17.8 Å². The van der Waals surface area contributed by atoms with Crippen LogP contribution in [0.4, 0.5) is 10.1 Å². The summed E-state index contributed by atoms with van der Waals surface area (Å²) in [6.07, 6.45) is 0. The number of anilines is 1. The normalized spacial score (nSPS) is 10.8. The number of halogens is 1. The van der Waals surface area contributed by atoms with Gasteiger partial charge in [-0.3, -0.25) is 4.79 Å². The molecule has 112 valence electrons. The molecule has 0 spiro atoms. The Morgan fingerprint density at radius 2 is 2.09 bits per heavy atom. The van der Waals surface area contributed by atoms with Crippen molar-refractivity contribution < 1.29 is 18.3 Å². The van der Waals surface area contributed by atoms with Gasteiger partial charge in [0.1, 0.15) is 11.6 Å². The molecule has 0 aliphatic carbocycles. The predicted molar refractivity (Wildman–Crippen MR) is 77.4 cm³/mol. The Hall–Kier alpha value is -3.09. The van der Waals surface area contributed by atoms with Gasteiger partial charge in [0.05, 0.1) is 5.52 Å². The fraction of sp³-hybridized carbons (Fsp3) is 0.0667. The summed E-state index contributed by atoms with van der Waals surface area (Å²) in [4.78, 5) is 23.9. The Labute approximate surface area is 123 Å². The van der Waals surface area contributed by atoms with Gasteiger partial charge in [-0.25, -0.2) is 13.8 Å². The molecule has 0 saturated heterocycles. The molecule has 22 heavy (non-hydrogen) atoms. The number of carbonyl (C=O) groups excluding carboxylic acids is 1. The quantitative estimate of drug-likeness (QED) is 0.748. The first-order valence-corrected chi connectivity index (χ1v) is 6.37. The van der Waals surface area contributed by atoms with Crippen LogP contribution in [0.15, 0.2) is 51.7 Å². The molecule has 0 fully saturated rings.